The quantitative estimate of drug-likeness (QED) is 0.679. The van der Waals surface area contributed by atoms with E-state index in [1.807, 2.05) is 0 Å². The number of halogens is 2. The zero-order valence-electron chi connectivity index (χ0n) is 15.3. The fourth-order valence-corrected chi connectivity index (χ4v) is 4.46. The molecule has 9 heteroatoms. The Morgan fingerprint density at radius 3 is 2.46 bits per heavy atom. The van der Waals surface area contributed by atoms with Crippen molar-refractivity contribution in [1.82, 2.24) is 10.0 Å². The van der Waals surface area contributed by atoms with E-state index >= 15 is 0 Å². The highest BCUT2D eigenvalue weighted by molar-refractivity contribution is 7.89. The van der Waals surface area contributed by atoms with Gasteiger partial charge in [-0.05, 0) is 55.7 Å². The smallest absolute Gasteiger partial charge is 0.251 e. The van der Waals surface area contributed by atoms with Gasteiger partial charge in [-0.2, -0.15) is 0 Å². The van der Waals surface area contributed by atoms with Crippen molar-refractivity contribution in [2.45, 2.75) is 36.7 Å². The topological polar surface area (TPSA) is 84.5 Å². The monoisotopic (exact) mass is 442 g/mol. The van der Waals surface area contributed by atoms with E-state index in [2.05, 4.69) is 10.0 Å². The highest BCUT2D eigenvalue weighted by atomic mass is 35.5. The Morgan fingerprint density at radius 2 is 1.86 bits per heavy atom. The molecule has 1 aliphatic rings. The van der Waals surface area contributed by atoms with Crippen LogP contribution >= 0.6 is 23.2 Å². The van der Waals surface area contributed by atoms with Crippen LogP contribution in [0.15, 0.2) is 41.3 Å². The molecule has 1 amide bonds. The maximum absolute atomic E-state index is 12.7. The van der Waals surface area contributed by atoms with Gasteiger partial charge < -0.3 is 10.1 Å². The number of sulfonamides is 1. The molecule has 6 nitrogen and oxygen atoms in total. The molecule has 2 aromatic rings. The summed E-state index contributed by atoms with van der Waals surface area (Å²) in [4.78, 5) is 12.6. The minimum atomic E-state index is -3.77. The van der Waals surface area contributed by atoms with E-state index in [0.29, 0.717) is 10.0 Å². The Hall–Kier alpha value is -1.80. The number of nitrogens with one attached hydrogen (secondary N) is 2. The number of methoxy groups -OCH3 is 1. The van der Waals surface area contributed by atoms with E-state index in [1.165, 1.54) is 25.3 Å². The van der Waals surface area contributed by atoms with Crippen molar-refractivity contribution in [2.75, 3.05) is 7.11 Å². The molecule has 1 saturated carbocycles. The third kappa shape index (κ3) is 4.78. The predicted octanol–water partition coefficient (Wildman–Crippen LogP) is 3.93. The summed E-state index contributed by atoms with van der Waals surface area (Å²) in [6, 6.07) is 9.01. The summed E-state index contributed by atoms with van der Waals surface area (Å²) >= 11 is 12.0. The van der Waals surface area contributed by atoms with Crippen LogP contribution in [0.1, 0.15) is 41.7 Å². The molecule has 2 aromatic carbocycles. The molecule has 1 fully saturated rings. The lowest BCUT2D eigenvalue weighted by Gasteiger charge is -2.16. The highest BCUT2D eigenvalue weighted by Crippen LogP contribution is 2.29. The maximum Gasteiger partial charge on any atom is 0.251 e. The van der Waals surface area contributed by atoms with Gasteiger partial charge in [-0.1, -0.05) is 29.3 Å². The standard InChI is InChI=1S/C19H20Cl2N2O4S/c1-11(12-3-7-15(20)16(21)9-12)22-19(24)13-4-8-17(27-2)18(10-13)28(25,26)23-14-5-6-14/h3-4,7-11,14,23H,5-6H2,1-2H3,(H,22,24)/t11-/m1/s1. The van der Waals surface area contributed by atoms with Crippen LogP contribution in [0.3, 0.4) is 0 Å². The molecule has 0 heterocycles. The minimum Gasteiger partial charge on any atom is -0.495 e. The van der Waals surface area contributed by atoms with E-state index in [9.17, 15) is 13.2 Å². The van der Waals surface area contributed by atoms with Crippen molar-refractivity contribution < 1.29 is 17.9 Å². The van der Waals surface area contributed by atoms with Crippen LogP contribution in [0.5, 0.6) is 5.75 Å². The first-order valence-corrected chi connectivity index (χ1v) is 10.9. The SMILES string of the molecule is COc1ccc(C(=O)N[C@H](C)c2ccc(Cl)c(Cl)c2)cc1S(=O)(=O)NC1CC1. The number of amides is 1. The number of carbonyl (C=O) groups is 1. The largest absolute Gasteiger partial charge is 0.495 e. The molecule has 1 atom stereocenters. The van der Waals surface area contributed by atoms with Crippen molar-refractivity contribution in [1.29, 1.82) is 0 Å². The molecule has 0 unspecified atom stereocenters. The number of hydrogen-bond acceptors (Lipinski definition) is 4. The number of benzene rings is 2. The third-order valence-electron chi connectivity index (χ3n) is 4.41. The van der Waals surface area contributed by atoms with Gasteiger partial charge in [0.05, 0.1) is 23.2 Å². The van der Waals surface area contributed by atoms with Crippen molar-refractivity contribution >= 4 is 39.1 Å². The van der Waals surface area contributed by atoms with Crippen LogP contribution in [-0.4, -0.2) is 27.5 Å². The number of rotatable bonds is 7. The summed E-state index contributed by atoms with van der Waals surface area (Å²) < 4.78 is 33.0. The van der Waals surface area contributed by atoms with Crippen LogP contribution in [0, 0.1) is 0 Å². The van der Waals surface area contributed by atoms with Crippen LogP contribution in [-0.2, 0) is 10.0 Å². The zero-order chi connectivity index (χ0) is 20.5. The molecular formula is C19H20Cl2N2O4S. The highest BCUT2D eigenvalue weighted by Gasteiger charge is 2.30. The Labute approximate surface area is 174 Å². The molecular weight excluding hydrogens is 423 g/mol. The van der Waals surface area contributed by atoms with Gasteiger partial charge in [0.15, 0.2) is 0 Å². The Balaban J connectivity index is 1.83. The fourth-order valence-electron chi connectivity index (χ4n) is 2.66. The number of carbonyl (C=O) groups excluding carboxylic acids is 1. The molecule has 0 saturated heterocycles. The second kappa shape index (κ2) is 8.29. The van der Waals surface area contributed by atoms with Crippen LogP contribution in [0.4, 0.5) is 0 Å². The summed E-state index contributed by atoms with van der Waals surface area (Å²) in [6.07, 6.45) is 1.62. The Morgan fingerprint density at radius 1 is 1.14 bits per heavy atom. The second-order valence-corrected chi connectivity index (χ2v) is 9.13. The van der Waals surface area contributed by atoms with Crippen molar-refractivity contribution in [3.8, 4) is 5.75 Å². The summed E-state index contributed by atoms with van der Waals surface area (Å²) in [7, 11) is -2.39. The normalized spacial score (nSPS) is 15.1. The lowest BCUT2D eigenvalue weighted by atomic mass is 10.1. The van der Waals surface area contributed by atoms with Crippen LogP contribution in [0.25, 0.3) is 0 Å². The summed E-state index contributed by atoms with van der Waals surface area (Å²) in [5.41, 5.74) is 0.989. The van der Waals surface area contributed by atoms with Gasteiger partial charge in [-0.3, -0.25) is 4.79 Å². The molecule has 0 bridgehead atoms. The van der Waals surface area contributed by atoms with E-state index in [0.717, 1.165) is 18.4 Å². The summed E-state index contributed by atoms with van der Waals surface area (Å²) in [5.74, 6) is -0.230. The summed E-state index contributed by atoms with van der Waals surface area (Å²) in [5, 5.41) is 3.65. The van der Waals surface area contributed by atoms with Crippen molar-refractivity contribution in [2.24, 2.45) is 0 Å². The zero-order valence-corrected chi connectivity index (χ0v) is 17.7. The van der Waals surface area contributed by atoms with Gasteiger partial charge in [0.1, 0.15) is 10.6 Å². The summed E-state index contributed by atoms with van der Waals surface area (Å²) in [6.45, 7) is 1.80. The lowest BCUT2D eigenvalue weighted by Crippen LogP contribution is -2.28. The predicted molar refractivity (Wildman–Crippen MR) is 109 cm³/mol. The molecule has 0 radical (unpaired) electrons. The molecule has 150 valence electrons. The van der Waals surface area contributed by atoms with Crippen molar-refractivity contribution in [3.63, 3.8) is 0 Å². The first-order valence-electron chi connectivity index (χ1n) is 8.67. The number of hydrogen-bond donors (Lipinski definition) is 2. The molecule has 28 heavy (non-hydrogen) atoms. The Kier molecular flexibility index (Phi) is 6.19. The minimum absolute atomic E-state index is 0.0538. The van der Waals surface area contributed by atoms with Gasteiger partial charge in [-0.15, -0.1) is 0 Å². The average molecular weight is 443 g/mol. The van der Waals surface area contributed by atoms with E-state index in [-0.39, 0.29) is 28.3 Å². The molecule has 0 aromatic heterocycles. The molecule has 0 spiro atoms. The lowest BCUT2D eigenvalue weighted by molar-refractivity contribution is 0.0939. The molecule has 1 aliphatic carbocycles. The molecule has 0 aliphatic heterocycles. The molecule has 3 rings (SSSR count). The third-order valence-corrected chi connectivity index (χ3v) is 6.69. The Bertz CT molecular complexity index is 1010. The van der Waals surface area contributed by atoms with Gasteiger partial charge in [0.25, 0.3) is 5.91 Å². The van der Waals surface area contributed by atoms with Gasteiger partial charge in [0.2, 0.25) is 10.0 Å². The fraction of sp³-hybridized carbons (Fsp3) is 0.316. The first-order chi connectivity index (χ1) is 13.2. The van der Waals surface area contributed by atoms with E-state index in [1.54, 1.807) is 25.1 Å². The van der Waals surface area contributed by atoms with Crippen molar-refractivity contribution in [3.05, 3.63) is 57.6 Å². The van der Waals surface area contributed by atoms with Gasteiger partial charge in [-0.25, -0.2) is 13.1 Å². The van der Waals surface area contributed by atoms with Crippen LogP contribution < -0.4 is 14.8 Å². The number of ether oxygens (including phenoxy) is 1. The van der Waals surface area contributed by atoms with Gasteiger partial charge >= 0.3 is 0 Å². The average Bonchev–Trinajstić information content (AvgIpc) is 3.46. The van der Waals surface area contributed by atoms with E-state index in [4.69, 9.17) is 27.9 Å². The second-order valence-electron chi connectivity index (χ2n) is 6.63. The van der Waals surface area contributed by atoms with Gasteiger partial charge in [0, 0.05) is 11.6 Å². The molecule has 2 N–H and O–H groups in total. The maximum atomic E-state index is 12.7. The first kappa shape index (κ1) is 20.9. The van der Waals surface area contributed by atoms with Crippen LogP contribution in [0.2, 0.25) is 10.0 Å². The van der Waals surface area contributed by atoms with E-state index < -0.39 is 15.9 Å².